The number of hydrogen-bond donors (Lipinski definition) is 0. The molecule has 0 aliphatic carbocycles. The average molecular weight is 311 g/mol. The zero-order chi connectivity index (χ0) is 14.6. The van der Waals surface area contributed by atoms with Gasteiger partial charge in [0.15, 0.2) is 0 Å². The summed E-state index contributed by atoms with van der Waals surface area (Å²) < 4.78 is 25.9. The van der Waals surface area contributed by atoms with Crippen LogP contribution in [0, 0.1) is 0 Å². The van der Waals surface area contributed by atoms with Crippen LogP contribution >= 0.6 is 11.6 Å². The lowest BCUT2D eigenvalue weighted by atomic mass is 10.2. The van der Waals surface area contributed by atoms with Crippen molar-refractivity contribution in [1.82, 2.24) is 9.29 Å². The molecule has 1 heterocycles. The van der Waals surface area contributed by atoms with Gasteiger partial charge in [0, 0.05) is 31.0 Å². The van der Waals surface area contributed by atoms with Crippen molar-refractivity contribution >= 4 is 21.6 Å². The van der Waals surface area contributed by atoms with E-state index >= 15 is 0 Å². The summed E-state index contributed by atoms with van der Waals surface area (Å²) in [6.07, 6.45) is 3.29. The molecule has 0 amide bonds. The summed E-state index contributed by atoms with van der Waals surface area (Å²) in [7, 11) is -1.84. The molecule has 2 aromatic rings. The second kappa shape index (κ2) is 6.35. The van der Waals surface area contributed by atoms with Crippen molar-refractivity contribution in [3.8, 4) is 0 Å². The molecule has 0 saturated heterocycles. The molecule has 0 atom stereocenters. The normalized spacial score (nSPS) is 11.8. The molecule has 0 fully saturated rings. The van der Waals surface area contributed by atoms with Crippen LogP contribution in [-0.4, -0.2) is 24.8 Å². The van der Waals surface area contributed by atoms with Crippen molar-refractivity contribution in [2.45, 2.75) is 12.3 Å². The maximum Gasteiger partial charge on any atom is 0.218 e. The number of aromatic nitrogens is 1. The van der Waals surface area contributed by atoms with E-state index in [-0.39, 0.29) is 5.75 Å². The van der Waals surface area contributed by atoms with Crippen LogP contribution in [0.2, 0.25) is 5.02 Å². The molecule has 0 spiro atoms. The van der Waals surface area contributed by atoms with Crippen LogP contribution in [0.15, 0.2) is 48.8 Å². The summed E-state index contributed by atoms with van der Waals surface area (Å²) in [5.74, 6) is -0.103. The van der Waals surface area contributed by atoms with Crippen molar-refractivity contribution in [2.24, 2.45) is 0 Å². The molecule has 106 valence electrons. The number of benzene rings is 1. The molecular weight excluding hydrogens is 296 g/mol. The molecule has 0 aliphatic rings. The van der Waals surface area contributed by atoms with Gasteiger partial charge in [0.2, 0.25) is 10.0 Å². The first kappa shape index (κ1) is 15.0. The van der Waals surface area contributed by atoms with Gasteiger partial charge in [-0.3, -0.25) is 4.98 Å². The van der Waals surface area contributed by atoms with Crippen LogP contribution in [-0.2, 0) is 22.3 Å². The van der Waals surface area contributed by atoms with E-state index in [1.165, 1.54) is 4.31 Å². The van der Waals surface area contributed by atoms with Crippen molar-refractivity contribution in [3.63, 3.8) is 0 Å². The van der Waals surface area contributed by atoms with Crippen molar-refractivity contribution in [1.29, 1.82) is 0 Å². The lowest BCUT2D eigenvalue weighted by Gasteiger charge is -2.17. The number of pyridine rings is 1. The Kier molecular flexibility index (Phi) is 4.75. The van der Waals surface area contributed by atoms with Crippen LogP contribution in [0.3, 0.4) is 0 Å². The van der Waals surface area contributed by atoms with Crippen molar-refractivity contribution < 1.29 is 8.42 Å². The van der Waals surface area contributed by atoms with Crippen molar-refractivity contribution in [3.05, 3.63) is 64.9 Å². The minimum atomic E-state index is -3.41. The van der Waals surface area contributed by atoms with E-state index in [1.54, 1.807) is 55.8 Å². The minimum Gasteiger partial charge on any atom is -0.265 e. The van der Waals surface area contributed by atoms with E-state index in [0.29, 0.717) is 17.1 Å². The predicted octanol–water partition coefficient (Wildman–Crippen LogP) is 2.70. The molecule has 20 heavy (non-hydrogen) atoms. The number of hydrogen-bond acceptors (Lipinski definition) is 3. The molecule has 1 aromatic heterocycles. The van der Waals surface area contributed by atoms with Gasteiger partial charge in [-0.25, -0.2) is 12.7 Å². The summed E-state index contributed by atoms with van der Waals surface area (Å²) in [5, 5.41) is 0.466. The first-order valence-corrected chi connectivity index (χ1v) is 8.04. The van der Waals surface area contributed by atoms with Gasteiger partial charge < -0.3 is 0 Å². The van der Waals surface area contributed by atoms with Gasteiger partial charge in [-0.1, -0.05) is 29.8 Å². The molecule has 0 unspecified atom stereocenters. The molecule has 0 N–H and O–H groups in total. The van der Waals surface area contributed by atoms with Crippen LogP contribution in [0.5, 0.6) is 0 Å². The Hall–Kier alpha value is -1.43. The lowest BCUT2D eigenvalue weighted by Crippen LogP contribution is -2.27. The summed E-state index contributed by atoms with van der Waals surface area (Å²) in [4.78, 5) is 3.91. The third kappa shape index (κ3) is 3.79. The number of sulfonamides is 1. The van der Waals surface area contributed by atoms with E-state index in [1.807, 2.05) is 0 Å². The fourth-order valence-corrected chi connectivity index (χ4v) is 3.26. The van der Waals surface area contributed by atoms with Gasteiger partial charge in [-0.05, 0) is 29.3 Å². The Morgan fingerprint density at radius 2 is 1.80 bits per heavy atom. The Morgan fingerprint density at radius 3 is 2.45 bits per heavy atom. The Bertz CT molecular complexity index is 675. The number of nitrogens with zero attached hydrogens (tertiary/aromatic N) is 2. The quantitative estimate of drug-likeness (QED) is 0.853. The fraction of sp³-hybridized carbons (Fsp3) is 0.214. The van der Waals surface area contributed by atoms with E-state index in [2.05, 4.69) is 4.98 Å². The maximum absolute atomic E-state index is 12.3. The average Bonchev–Trinajstić information content (AvgIpc) is 2.42. The van der Waals surface area contributed by atoms with Gasteiger partial charge >= 0.3 is 0 Å². The van der Waals surface area contributed by atoms with Crippen LogP contribution < -0.4 is 0 Å². The van der Waals surface area contributed by atoms with Gasteiger partial charge in [-0.15, -0.1) is 0 Å². The van der Waals surface area contributed by atoms with Gasteiger partial charge in [-0.2, -0.15) is 0 Å². The lowest BCUT2D eigenvalue weighted by molar-refractivity contribution is 0.465. The summed E-state index contributed by atoms with van der Waals surface area (Å²) in [5.41, 5.74) is 1.50. The van der Waals surface area contributed by atoms with Gasteiger partial charge in [0.25, 0.3) is 0 Å². The highest BCUT2D eigenvalue weighted by Gasteiger charge is 2.19. The smallest absolute Gasteiger partial charge is 0.218 e. The first-order chi connectivity index (χ1) is 9.49. The largest absolute Gasteiger partial charge is 0.265 e. The Labute approximate surface area is 124 Å². The van der Waals surface area contributed by atoms with Gasteiger partial charge in [0.1, 0.15) is 0 Å². The number of rotatable bonds is 5. The van der Waals surface area contributed by atoms with E-state index < -0.39 is 10.0 Å². The fourth-order valence-electron chi connectivity index (χ4n) is 1.77. The molecule has 1 aromatic carbocycles. The minimum absolute atomic E-state index is 0.103. The molecule has 6 heteroatoms. The topological polar surface area (TPSA) is 50.3 Å². The zero-order valence-electron chi connectivity index (χ0n) is 11.0. The molecule has 0 radical (unpaired) electrons. The molecule has 0 bridgehead atoms. The van der Waals surface area contributed by atoms with E-state index in [9.17, 15) is 8.42 Å². The van der Waals surface area contributed by atoms with E-state index in [0.717, 1.165) is 5.56 Å². The summed E-state index contributed by atoms with van der Waals surface area (Å²) in [6, 6.07) is 10.6. The highest BCUT2D eigenvalue weighted by atomic mass is 35.5. The second-order valence-corrected chi connectivity index (χ2v) is 6.94. The molecule has 4 nitrogen and oxygen atoms in total. The zero-order valence-corrected chi connectivity index (χ0v) is 12.6. The van der Waals surface area contributed by atoms with Crippen molar-refractivity contribution in [2.75, 3.05) is 7.05 Å². The second-order valence-electron chi connectivity index (χ2n) is 4.46. The Morgan fingerprint density at radius 1 is 1.15 bits per heavy atom. The molecule has 0 saturated carbocycles. The highest BCUT2D eigenvalue weighted by molar-refractivity contribution is 7.88. The molecular formula is C14H15ClN2O2S. The van der Waals surface area contributed by atoms with Crippen LogP contribution in [0.1, 0.15) is 11.1 Å². The highest BCUT2D eigenvalue weighted by Crippen LogP contribution is 2.19. The monoisotopic (exact) mass is 310 g/mol. The van der Waals surface area contributed by atoms with E-state index in [4.69, 9.17) is 11.6 Å². The standard InChI is InChI=1S/C14H15ClN2O2S/c1-17(10-12-6-8-16-9-7-12)20(18,19)11-13-4-2-3-5-14(13)15/h2-9H,10-11H2,1H3. The maximum atomic E-state index is 12.3. The molecule has 0 aliphatic heterocycles. The summed E-state index contributed by atoms with van der Waals surface area (Å²) in [6.45, 7) is 0.315. The Balaban J connectivity index is 2.12. The first-order valence-electron chi connectivity index (χ1n) is 6.05. The third-order valence-corrected chi connectivity index (χ3v) is 5.05. The predicted molar refractivity (Wildman–Crippen MR) is 79.8 cm³/mol. The SMILES string of the molecule is CN(Cc1ccncc1)S(=O)(=O)Cc1ccccc1Cl. The van der Waals surface area contributed by atoms with Gasteiger partial charge in [0.05, 0.1) is 5.75 Å². The third-order valence-electron chi connectivity index (χ3n) is 2.93. The molecule has 2 rings (SSSR count). The number of halogens is 1. The van der Waals surface area contributed by atoms with Crippen LogP contribution in [0.4, 0.5) is 0 Å². The van der Waals surface area contributed by atoms with Crippen LogP contribution in [0.25, 0.3) is 0 Å². The summed E-state index contributed by atoms with van der Waals surface area (Å²) >= 11 is 6.00.